The molecule has 20 heavy (non-hydrogen) atoms. The first-order valence-electron chi connectivity index (χ1n) is 7.51. The second kappa shape index (κ2) is 8.15. The van der Waals surface area contributed by atoms with E-state index < -0.39 is 0 Å². The van der Waals surface area contributed by atoms with Crippen LogP contribution in [-0.2, 0) is 6.54 Å². The lowest BCUT2D eigenvalue weighted by Gasteiger charge is -2.22. The Hall–Kier alpha value is -1.22. The molecule has 1 aromatic rings. The van der Waals surface area contributed by atoms with Gasteiger partial charge in [0.2, 0.25) is 0 Å². The highest BCUT2D eigenvalue weighted by Gasteiger charge is 2.11. The van der Waals surface area contributed by atoms with Crippen LogP contribution in [0.3, 0.4) is 0 Å². The highest BCUT2D eigenvalue weighted by atomic mass is 16.5. The third-order valence-electron chi connectivity index (χ3n) is 3.09. The zero-order chi connectivity index (χ0) is 15.0. The van der Waals surface area contributed by atoms with Crippen molar-refractivity contribution in [2.45, 2.75) is 59.0 Å². The molecular weight excluding hydrogens is 250 g/mol. The fourth-order valence-electron chi connectivity index (χ4n) is 1.84. The number of hydrogen-bond acceptors (Lipinski definition) is 3. The van der Waals surface area contributed by atoms with Gasteiger partial charge in [-0.2, -0.15) is 0 Å². The van der Waals surface area contributed by atoms with Gasteiger partial charge in [0, 0.05) is 23.7 Å². The first-order valence-corrected chi connectivity index (χ1v) is 7.51. The fraction of sp³-hybridized carbons (Fsp3) is 0.647. The zero-order valence-electron chi connectivity index (χ0n) is 13.6. The molecule has 0 heterocycles. The van der Waals surface area contributed by atoms with Gasteiger partial charge in [0.05, 0.1) is 13.7 Å². The summed E-state index contributed by atoms with van der Waals surface area (Å²) in [7, 11) is 1.68. The monoisotopic (exact) mass is 279 g/mol. The van der Waals surface area contributed by atoms with Crippen molar-refractivity contribution in [3.05, 3.63) is 23.8 Å². The zero-order valence-corrected chi connectivity index (χ0v) is 13.6. The van der Waals surface area contributed by atoms with E-state index in [-0.39, 0.29) is 5.54 Å². The van der Waals surface area contributed by atoms with E-state index in [0.717, 1.165) is 31.1 Å². The summed E-state index contributed by atoms with van der Waals surface area (Å²) >= 11 is 0. The molecule has 0 aliphatic rings. The Morgan fingerprint density at radius 3 is 2.50 bits per heavy atom. The van der Waals surface area contributed by atoms with Gasteiger partial charge in [-0.15, -0.1) is 0 Å². The van der Waals surface area contributed by atoms with Crippen LogP contribution in [0.5, 0.6) is 11.5 Å². The molecule has 0 aliphatic carbocycles. The Labute approximate surface area is 123 Å². The minimum Gasteiger partial charge on any atom is -0.497 e. The summed E-state index contributed by atoms with van der Waals surface area (Å²) in [6, 6.07) is 6.04. The third-order valence-corrected chi connectivity index (χ3v) is 3.09. The molecule has 0 fully saturated rings. The van der Waals surface area contributed by atoms with Gasteiger partial charge in [-0.05, 0) is 33.3 Å². The first-order chi connectivity index (χ1) is 9.46. The molecule has 0 aliphatic heterocycles. The number of rotatable bonds is 8. The minimum atomic E-state index is 0.0966. The van der Waals surface area contributed by atoms with Crippen molar-refractivity contribution in [2.75, 3.05) is 13.7 Å². The molecule has 0 amide bonds. The van der Waals surface area contributed by atoms with E-state index in [4.69, 9.17) is 9.47 Å². The van der Waals surface area contributed by atoms with E-state index >= 15 is 0 Å². The highest BCUT2D eigenvalue weighted by Crippen LogP contribution is 2.25. The lowest BCUT2D eigenvalue weighted by atomic mass is 10.1. The summed E-state index contributed by atoms with van der Waals surface area (Å²) in [5.74, 6) is 1.77. The molecule has 3 heteroatoms. The minimum absolute atomic E-state index is 0.0966. The largest absolute Gasteiger partial charge is 0.497 e. The molecule has 0 unspecified atom stereocenters. The second-order valence-corrected chi connectivity index (χ2v) is 6.13. The molecule has 0 aromatic heterocycles. The number of unbranched alkanes of at least 4 members (excludes halogenated alkanes) is 2. The maximum absolute atomic E-state index is 5.93. The number of hydrogen-bond donors (Lipinski definition) is 1. The quantitative estimate of drug-likeness (QED) is 0.725. The Bertz CT molecular complexity index is 396. The lowest BCUT2D eigenvalue weighted by Crippen LogP contribution is -2.35. The van der Waals surface area contributed by atoms with Crippen molar-refractivity contribution in [2.24, 2.45) is 0 Å². The predicted molar refractivity (Wildman–Crippen MR) is 84.6 cm³/mol. The Balaban J connectivity index is 2.70. The fourth-order valence-corrected chi connectivity index (χ4v) is 1.84. The molecule has 1 N–H and O–H groups in total. The van der Waals surface area contributed by atoms with Crippen LogP contribution in [-0.4, -0.2) is 19.3 Å². The van der Waals surface area contributed by atoms with Crippen LogP contribution in [0.25, 0.3) is 0 Å². The Morgan fingerprint density at radius 2 is 1.90 bits per heavy atom. The van der Waals surface area contributed by atoms with Crippen LogP contribution in [0.1, 0.15) is 52.5 Å². The topological polar surface area (TPSA) is 30.5 Å². The number of ether oxygens (including phenoxy) is 2. The van der Waals surface area contributed by atoms with Gasteiger partial charge < -0.3 is 14.8 Å². The molecule has 1 rings (SSSR count). The molecular formula is C17H29NO2. The number of benzene rings is 1. The molecule has 1 aromatic carbocycles. The summed E-state index contributed by atoms with van der Waals surface area (Å²) in [6.07, 6.45) is 3.51. The molecule has 0 saturated heterocycles. The van der Waals surface area contributed by atoms with Gasteiger partial charge in [0.1, 0.15) is 11.5 Å². The average Bonchev–Trinajstić information content (AvgIpc) is 2.41. The van der Waals surface area contributed by atoms with Crippen molar-refractivity contribution in [3.8, 4) is 11.5 Å². The van der Waals surface area contributed by atoms with Crippen molar-refractivity contribution >= 4 is 0 Å². The maximum atomic E-state index is 5.93. The Kier molecular flexibility index (Phi) is 6.86. The van der Waals surface area contributed by atoms with Crippen LogP contribution in [0.4, 0.5) is 0 Å². The van der Waals surface area contributed by atoms with Crippen LogP contribution in [0, 0.1) is 0 Å². The lowest BCUT2D eigenvalue weighted by molar-refractivity contribution is 0.298. The van der Waals surface area contributed by atoms with E-state index in [2.05, 4.69) is 39.1 Å². The summed E-state index contributed by atoms with van der Waals surface area (Å²) in [6.45, 7) is 10.3. The van der Waals surface area contributed by atoms with E-state index in [0.29, 0.717) is 0 Å². The van der Waals surface area contributed by atoms with Crippen LogP contribution >= 0.6 is 0 Å². The van der Waals surface area contributed by atoms with Gasteiger partial charge >= 0.3 is 0 Å². The van der Waals surface area contributed by atoms with Crippen LogP contribution in [0.2, 0.25) is 0 Å². The van der Waals surface area contributed by atoms with E-state index in [9.17, 15) is 0 Å². The second-order valence-electron chi connectivity index (χ2n) is 6.13. The van der Waals surface area contributed by atoms with Crippen molar-refractivity contribution in [1.29, 1.82) is 0 Å². The van der Waals surface area contributed by atoms with Crippen LogP contribution in [0.15, 0.2) is 18.2 Å². The molecule has 0 radical (unpaired) electrons. The van der Waals surface area contributed by atoms with Gasteiger partial charge in [-0.3, -0.25) is 0 Å². The normalized spacial score (nSPS) is 11.4. The molecule has 0 bridgehead atoms. The van der Waals surface area contributed by atoms with Gasteiger partial charge in [0.25, 0.3) is 0 Å². The summed E-state index contributed by atoms with van der Waals surface area (Å²) in [4.78, 5) is 0. The third kappa shape index (κ3) is 6.29. The molecule has 114 valence electrons. The molecule has 3 nitrogen and oxygen atoms in total. The Morgan fingerprint density at radius 1 is 1.15 bits per heavy atom. The van der Waals surface area contributed by atoms with Crippen molar-refractivity contribution in [1.82, 2.24) is 5.32 Å². The van der Waals surface area contributed by atoms with Crippen molar-refractivity contribution in [3.63, 3.8) is 0 Å². The first kappa shape index (κ1) is 16.8. The molecule has 0 spiro atoms. The van der Waals surface area contributed by atoms with Gasteiger partial charge in [0.15, 0.2) is 0 Å². The highest BCUT2D eigenvalue weighted by molar-refractivity contribution is 5.40. The average molecular weight is 279 g/mol. The maximum Gasteiger partial charge on any atom is 0.127 e. The van der Waals surface area contributed by atoms with Gasteiger partial charge in [-0.1, -0.05) is 25.8 Å². The van der Waals surface area contributed by atoms with E-state index in [1.165, 1.54) is 18.4 Å². The van der Waals surface area contributed by atoms with Crippen molar-refractivity contribution < 1.29 is 9.47 Å². The molecule has 0 saturated carbocycles. The number of nitrogens with one attached hydrogen (secondary N) is 1. The standard InChI is InChI=1S/C17H29NO2/c1-6-7-8-11-20-16-12-15(19-5)10-9-14(16)13-18-17(2,3)4/h9-10,12,18H,6-8,11,13H2,1-5H3. The summed E-state index contributed by atoms with van der Waals surface area (Å²) in [5.41, 5.74) is 1.27. The number of methoxy groups -OCH3 is 1. The SMILES string of the molecule is CCCCCOc1cc(OC)ccc1CNC(C)(C)C. The smallest absolute Gasteiger partial charge is 0.127 e. The van der Waals surface area contributed by atoms with Gasteiger partial charge in [-0.25, -0.2) is 0 Å². The predicted octanol–water partition coefficient (Wildman–Crippen LogP) is 4.15. The summed E-state index contributed by atoms with van der Waals surface area (Å²) in [5, 5.41) is 3.50. The van der Waals surface area contributed by atoms with E-state index in [1.54, 1.807) is 7.11 Å². The van der Waals surface area contributed by atoms with Crippen LogP contribution < -0.4 is 14.8 Å². The van der Waals surface area contributed by atoms with E-state index in [1.807, 2.05) is 12.1 Å². The summed E-state index contributed by atoms with van der Waals surface area (Å²) < 4.78 is 11.2. The molecule has 0 atom stereocenters.